The van der Waals surface area contributed by atoms with E-state index in [0.717, 1.165) is 23.3 Å². The average Bonchev–Trinajstić information content (AvgIpc) is 2.73. The van der Waals surface area contributed by atoms with Gasteiger partial charge in [-0.15, -0.1) is 13.2 Å². The number of carbonyl (C=O) groups is 1. The lowest BCUT2D eigenvalue weighted by molar-refractivity contribution is -0.274. The fraction of sp³-hybridized carbons (Fsp3) is 0.174. The van der Waals surface area contributed by atoms with E-state index < -0.39 is 12.4 Å². The molecule has 3 aromatic carbocycles. The minimum absolute atomic E-state index is 0.198. The zero-order valence-corrected chi connectivity index (χ0v) is 16.2. The van der Waals surface area contributed by atoms with E-state index in [4.69, 9.17) is 0 Å². The molecule has 156 valence electrons. The van der Waals surface area contributed by atoms with Crippen LogP contribution in [0.3, 0.4) is 0 Å². The summed E-state index contributed by atoms with van der Waals surface area (Å²) in [6.45, 7) is 1.73. The highest BCUT2D eigenvalue weighted by atomic mass is 19.4. The third-order valence-corrected chi connectivity index (χ3v) is 4.43. The summed E-state index contributed by atoms with van der Waals surface area (Å²) in [7, 11) is 0. The highest BCUT2D eigenvalue weighted by Crippen LogP contribution is 2.25. The summed E-state index contributed by atoms with van der Waals surface area (Å²) in [6, 6.07) is 23.8. The molecule has 0 fully saturated rings. The maximum Gasteiger partial charge on any atom is 0.573 e. The molecular formula is C23H21F3N2O2. The standard InChI is InChI=1S/C23H21F3N2O2/c1-16(22(29)28-19-12-14-20(15-13-19)30-23(24,25)26)27-21(17-8-4-2-5-9-17)18-10-6-3-7-11-18/h2-16,21,27H,1H3,(H,28,29)/t16-/m0/s1. The molecule has 7 heteroatoms. The third kappa shape index (κ3) is 6.09. The van der Waals surface area contributed by atoms with Crippen molar-refractivity contribution in [1.82, 2.24) is 5.32 Å². The Balaban J connectivity index is 1.68. The molecule has 0 saturated carbocycles. The number of hydrogen-bond acceptors (Lipinski definition) is 3. The molecule has 0 aromatic heterocycles. The van der Waals surface area contributed by atoms with Crippen molar-refractivity contribution in [2.75, 3.05) is 5.32 Å². The van der Waals surface area contributed by atoms with Crippen LogP contribution in [0.2, 0.25) is 0 Å². The lowest BCUT2D eigenvalue weighted by Crippen LogP contribution is -2.40. The molecule has 1 amide bonds. The molecule has 0 saturated heterocycles. The van der Waals surface area contributed by atoms with Crippen LogP contribution in [0.4, 0.5) is 18.9 Å². The van der Waals surface area contributed by atoms with Crippen LogP contribution in [-0.4, -0.2) is 18.3 Å². The fourth-order valence-electron chi connectivity index (χ4n) is 2.99. The number of hydrogen-bond donors (Lipinski definition) is 2. The van der Waals surface area contributed by atoms with Gasteiger partial charge in [-0.3, -0.25) is 10.1 Å². The molecule has 0 bridgehead atoms. The van der Waals surface area contributed by atoms with E-state index in [2.05, 4.69) is 15.4 Å². The van der Waals surface area contributed by atoms with Gasteiger partial charge in [0, 0.05) is 5.69 Å². The SMILES string of the molecule is C[C@H](NC(c1ccccc1)c1ccccc1)C(=O)Nc1ccc(OC(F)(F)F)cc1. The van der Waals surface area contributed by atoms with Crippen molar-refractivity contribution in [1.29, 1.82) is 0 Å². The number of carbonyl (C=O) groups excluding carboxylic acids is 1. The van der Waals surface area contributed by atoms with Gasteiger partial charge in [0.1, 0.15) is 5.75 Å². The quantitative estimate of drug-likeness (QED) is 0.552. The van der Waals surface area contributed by atoms with E-state index in [1.807, 2.05) is 60.7 Å². The Morgan fingerprint density at radius 2 is 1.33 bits per heavy atom. The van der Waals surface area contributed by atoms with Gasteiger partial charge in [-0.05, 0) is 42.3 Å². The smallest absolute Gasteiger partial charge is 0.406 e. The molecule has 0 unspecified atom stereocenters. The molecule has 2 N–H and O–H groups in total. The zero-order chi connectivity index (χ0) is 21.6. The molecule has 0 spiro atoms. The average molecular weight is 414 g/mol. The van der Waals surface area contributed by atoms with E-state index in [9.17, 15) is 18.0 Å². The third-order valence-electron chi connectivity index (χ3n) is 4.43. The predicted octanol–water partition coefficient (Wildman–Crippen LogP) is 5.29. The van der Waals surface area contributed by atoms with Crippen molar-refractivity contribution in [3.8, 4) is 5.75 Å². The lowest BCUT2D eigenvalue weighted by Gasteiger charge is -2.24. The highest BCUT2D eigenvalue weighted by Gasteiger charge is 2.31. The number of benzene rings is 3. The first-order valence-corrected chi connectivity index (χ1v) is 9.34. The van der Waals surface area contributed by atoms with Gasteiger partial charge in [-0.2, -0.15) is 0 Å². The molecule has 3 rings (SSSR count). The highest BCUT2D eigenvalue weighted by molar-refractivity contribution is 5.94. The summed E-state index contributed by atoms with van der Waals surface area (Å²) in [4.78, 5) is 12.6. The summed E-state index contributed by atoms with van der Waals surface area (Å²) < 4.78 is 40.6. The van der Waals surface area contributed by atoms with Gasteiger partial charge < -0.3 is 10.1 Å². The van der Waals surface area contributed by atoms with Gasteiger partial charge in [-0.25, -0.2) is 0 Å². The summed E-state index contributed by atoms with van der Waals surface area (Å²) in [5, 5.41) is 6.03. The van der Waals surface area contributed by atoms with E-state index in [-0.39, 0.29) is 17.7 Å². The molecule has 3 aromatic rings. The molecule has 0 aliphatic rings. The van der Waals surface area contributed by atoms with Gasteiger partial charge in [0.15, 0.2) is 0 Å². The lowest BCUT2D eigenvalue weighted by atomic mass is 9.98. The molecule has 0 radical (unpaired) electrons. The van der Waals surface area contributed by atoms with Gasteiger partial charge in [0.2, 0.25) is 5.91 Å². The maximum atomic E-state index is 12.6. The first kappa shape index (κ1) is 21.4. The van der Waals surface area contributed by atoms with Crippen molar-refractivity contribution in [3.05, 3.63) is 96.1 Å². The van der Waals surface area contributed by atoms with Crippen molar-refractivity contribution in [2.24, 2.45) is 0 Å². The molecular weight excluding hydrogens is 393 g/mol. The van der Waals surface area contributed by atoms with Crippen LogP contribution in [0, 0.1) is 0 Å². The van der Waals surface area contributed by atoms with Crippen LogP contribution in [-0.2, 0) is 4.79 Å². The van der Waals surface area contributed by atoms with Crippen molar-refractivity contribution >= 4 is 11.6 Å². The second-order valence-corrected chi connectivity index (χ2v) is 6.70. The van der Waals surface area contributed by atoms with Crippen LogP contribution in [0.5, 0.6) is 5.75 Å². The Morgan fingerprint density at radius 3 is 1.80 bits per heavy atom. The monoisotopic (exact) mass is 414 g/mol. The van der Waals surface area contributed by atoms with Crippen LogP contribution in [0.25, 0.3) is 0 Å². The van der Waals surface area contributed by atoms with Crippen molar-refractivity contribution < 1.29 is 22.7 Å². The predicted molar refractivity (Wildman–Crippen MR) is 109 cm³/mol. The van der Waals surface area contributed by atoms with Gasteiger partial charge in [0.05, 0.1) is 12.1 Å². The second-order valence-electron chi connectivity index (χ2n) is 6.70. The summed E-state index contributed by atoms with van der Waals surface area (Å²) in [5.41, 5.74) is 2.40. The van der Waals surface area contributed by atoms with Crippen LogP contribution in [0.1, 0.15) is 24.1 Å². The van der Waals surface area contributed by atoms with Crippen LogP contribution >= 0.6 is 0 Å². The van der Waals surface area contributed by atoms with Gasteiger partial charge in [0.25, 0.3) is 0 Å². The number of halogens is 3. The van der Waals surface area contributed by atoms with Gasteiger partial charge in [-0.1, -0.05) is 60.7 Å². The van der Waals surface area contributed by atoms with E-state index in [1.54, 1.807) is 6.92 Å². The Bertz CT molecular complexity index is 906. The first-order valence-electron chi connectivity index (χ1n) is 9.34. The fourth-order valence-corrected chi connectivity index (χ4v) is 2.99. The molecule has 4 nitrogen and oxygen atoms in total. The van der Waals surface area contributed by atoms with Crippen LogP contribution < -0.4 is 15.4 Å². The van der Waals surface area contributed by atoms with Crippen molar-refractivity contribution in [3.63, 3.8) is 0 Å². The van der Waals surface area contributed by atoms with E-state index in [0.29, 0.717) is 5.69 Å². The zero-order valence-electron chi connectivity index (χ0n) is 16.2. The summed E-state index contributed by atoms with van der Waals surface area (Å²) in [6.07, 6.45) is -4.76. The number of ether oxygens (including phenoxy) is 1. The normalized spacial score (nSPS) is 12.4. The molecule has 0 heterocycles. The second kappa shape index (κ2) is 9.45. The number of anilines is 1. The Morgan fingerprint density at radius 1 is 0.833 bits per heavy atom. The Kier molecular flexibility index (Phi) is 6.74. The largest absolute Gasteiger partial charge is 0.573 e. The molecule has 0 aliphatic carbocycles. The number of nitrogens with one attached hydrogen (secondary N) is 2. The molecule has 1 atom stereocenters. The Labute approximate surface area is 172 Å². The minimum Gasteiger partial charge on any atom is -0.406 e. The maximum absolute atomic E-state index is 12.6. The van der Waals surface area contributed by atoms with Crippen LogP contribution in [0.15, 0.2) is 84.9 Å². The van der Waals surface area contributed by atoms with Gasteiger partial charge >= 0.3 is 6.36 Å². The topological polar surface area (TPSA) is 50.4 Å². The van der Waals surface area contributed by atoms with Crippen molar-refractivity contribution in [2.45, 2.75) is 25.4 Å². The van der Waals surface area contributed by atoms with E-state index >= 15 is 0 Å². The molecule has 30 heavy (non-hydrogen) atoms. The Hall–Kier alpha value is -3.32. The first-order chi connectivity index (χ1) is 14.3. The minimum atomic E-state index is -4.76. The number of alkyl halides is 3. The number of rotatable bonds is 7. The van der Waals surface area contributed by atoms with E-state index in [1.165, 1.54) is 12.1 Å². The number of amides is 1. The molecule has 0 aliphatic heterocycles. The summed E-state index contributed by atoms with van der Waals surface area (Å²) in [5.74, 6) is -0.656. The summed E-state index contributed by atoms with van der Waals surface area (Å²) >= 11 is 0.